The van der Waals surface area contributed by atoms with Crippen LogP contribution in [-0.2, 0) is 21.2 Å². The molecule has 1 amide bonds. The highest BCUT2D eigenvalue weighted by atomic mass is 32.2. The van der Waals surface area contributed by atoms with Crippen molar-refractivity contribution in [2.75, 3.05) is 25.1 Å². The third kappa shape index (κ3) is 6.18. The van der Waals surface area contributed by atoms with Crippen molar-refractivity contribution < 1.29 is 22.7 Å². The molecule has 0 aliphatic heterocycles. The molecule has 3 aromatic rings. The summed E-state index contributed by atoms with van der Waals surface area (Å²) < 4.78 is 39.4. The van der Waals surface area contributed by atoms with Crippen LogP contribution in [0.15, 0.2) is 65.6 Å². The molecule has 0 saturated heterocycles. The molecule has 1 atom stereocenters. The summed E-state index contributed by atoms with van der Waals surface area (Å²) in [6.45, 7) is 7.36. The van der Waals surface area contributed by atoms with Crippen LogP contribution in [0.5, 0.6) is 11.5 Å². The fourth-order valence-electron chi connectivity index (χ4n) is 4.06. The van der Waals surface area contributed by atoms with Gasteiger partial charge < -0.3 is 14.8 Å². The molecule has 0 aliphatic rings. The van der Waals surface area contributed by atoms with E-state index in [-0.39, 0.29) is 23.2 Å². The number of hydrogen-bond donors (Lipinski definition) is 1. The predicted molar refractivity (Wildman–Crippen MR) is 142 cm³/mol. The van der Waals surface area contributed by atoms with Gasteiger partial charge in [0.1, 0.15) is 6.54 Å². The van der Waals surface area contributed by atoms with E-state index in [1.54, 1.807) is 12.1 Å². The summed E-state index contributed by atoms with van der Waals surface area (Å²) in [4.78, 5) is 13.1. The van der Waals surface area contributed by atoms with Crippen LogP contribution < -0.4 is 19.1 Å². The molecule has 0 saturated carbocycles. The number of aryl methyl sites for hydroxylation is 3. The van der Waals surface area contributed by atoms with E-state index in [2.05, 4.69) is 12.2 Å². The summed E-state index contributed by atoms with van der Waals surface area (Å²) in [5.74, 6) is 0.285. The van der Waals surface area contributed by atoms with Gasteiger partial charge in [-0.15, -0.1) is 0 Å². The normalized spacial score (nSPS) is 12.1. The van der Waals surface area contributed by atoms with E-state index in [1.807, 2.05) is 51.1 Å². The molecule has 0 unspecified atom stereocenters. The lowest BCUT2D eigenvalue weighted by Gasteiger charge is -2.26. The summed E-state index contributed by atoms with van der Waals surface area (Å²) in [7, 11) is -1.19. The Hall–Kier alpha value is -3.52. The van der Waals surface area contributed by atoms with Crippen LogP contribution in [0.3, 0.4) is 0 Å². The van der Waals surface area contributed by atoms with Gasteiger partial charge in [-0.25, -0.2) is 8.42 Å². The molecule has 0 fully saturated rings. The van der Waals surface area contributed by atoms with Gasteiger partial charge in [-0.3, -0.25) is 9.10 Å². The predicted octanol–water partition coefficient (Wildman–Crippen LogP) is 4.96. The van der Waals surface area contributed by atoms with Crippen molar-refractivity contribution in [2.24, 2.45) is 0 Å². The van der Waals surface area contributed by atoms with E-state index < -0.39 is 15.9 Å². The van der Waals surface area contributed by atoms with Crippen molar-refractivity contribution in [2.45, 2.75) is 45.1 Å². The van der Waals surface area contributed by atoms with Gasteiger partial charge in [0.05, 0.1) is 30.8 Å². The van der Waals surface area contributed by atoms with Crippen LogP contribution in [0.25, 0.3) is 0 Å². The highest BCUT2D eigenvalue weighted by Gasteiger charge is 2.29. The molecular weight excluding hydrogens is 476 g/mol. The lowest BCUT2D eigenvalue weighted by Crippen LogP contribution is -2.41. The van der Waals surface area contributed by atoms with E-state index in [1.165, 1.54) is 38.0 Å². The van der Waals surface area contributed by atoms with Crippen LogP contribution in [0.4, 0.5) is 5.69 Å². The van der Waals surface area contributed by atoms with E-state index >= 15 is 0 Å². The number of anilines is 1. The van der Waals surface area contributed by atoms with E-state index in [0.29, 0.717) is 11.4 Å². The smallest absolute Gasteiger partial charge is 0.264 e. The number of carbonyl (C=O) groups excluding carboxylic acids is 1. The Morgan fingerprint density at radius 1 is 0.917 bits per heavy atom. The first-order valence-electron chi connectivity index (χ1n) is 11.8. The third-order valence-electron chi connectivity index (χ3n) is 5.99. The maximum atomic E-state index is 13.8. The van der Waals surface area contributed by atoms with Gasteiger partial charge in [-0.1, -0.05) is 37.3 Å². The maximum Gasteiger partial charge on any atom is 0.264 e. The van der Waals surface area contributed by atoms with Gasteiger partial charge in [0.15, 0.2) is 11.5 Å². The molecule has 36 heavy (non-hydrogen) atoms. The first kappa shape index (κ1) is 27.1. The number of nitrogens with zero attached hydrogens (tertiary/aromatic N) is 1. The van der Waals surface area contributed by atoms with Gasteiger partial charge in [0.2, 0.25) is 5.91 Å². The Balaban J connectivity index is 1.96. The molecule has 0 heterocycles. The first-order chi connectivity index (χ1) is 17.1. The zero-order valence-electron chi connectivity index (χ0n) is 21.7. The molecule has 0 radical (unpaired) electrons. The highest BCUT2D eigenvalue weighted by molar-refractivity contribution is 7.92. The molecule has 0 spiro atoms. The number of sulfonamides is 1. The van der Waals surface area contributed by atoms with Crippen molar-refractivity contribution >= 4 is 21.6 Å². The molecule has 8 heteroatoms. The first-order valence-corrected chi connectivity index (χ1v) is 13.2. The second-order valence-corrected chi connectivity index (χ2v) is 10.6. The number of methoxy groups -OCH3 is 2. The van der Waals surface area contributed by atoms with E-state index in [0.717, 1.165) is 27.4 Å². The number of benzene rings is 3. The Morgan fingerprint density at radius 3 is 2.08 bits per heavy atom. The SMILES string of the molecule is CCc1ccc([C@@H](C)NC(=O)CN(c2cc(C)cc(C)c2)S(=O)(=O)c2ccc(OC)c(OC)c2)cc1. The summed E-state index contributed by atoms with van der Waals surface area (Å²) in [6, 6.07) is 17.6. The van der Waals surface area contributed by atoms with Gasteiger partial charge in [-0.05, 0) is 73.7 Å². The van der Waals surface area contributed by atoms with Crippen LogP contribution in [0.2, 0.25) is 0 Å². The van der Waals surface area contributed by atoms with Gasteiger partial charge >= 0.3 is 0 Å². The molecular formula is C28H34N2O5S. The summed E-state index contributed by atoms with van der Waals surface area (Å²) >= 11 is 0. The molecule has 3 rings (SSSR count). The van der Waals surface area contributed by atoms with Crippen molar-refractivity contribution in [3.05, 3.63) is 82.9 Å². The van der Waals surface area contributed by atoms with Gasteiger partial charge in [0.25, 0.3) is 10.0 Å². The molecule has 192 valence electrons. The Kier molecular flexibility index (Phi) is 8.63. The Labute approximate surface area is 214 Å². The molecule has 0 bridgehead atoms. The minimum Gasteiger partial charge on any atom is -0.493 e. The minimum absolute atomic E-state index is 0.00434. The van der Waals surface area contributed by atoms with Crippen molar-refractivity contribution in [3.8, 4) is 11.5 Å². The zero-order chi connectivity index (χ0) is 26.5. The third-order valence-corrected chi connectivity index (χ3v) is 7.76. The lowest BCUT2D eigenvalue weighted by atomic mass is 10.1. The average Bonchev–Trinajstić information content (AvgIpc) is 2.86. The second kappa shape index (κ2) is 11.5. The van der Waals surface area contributed by atoms with Gasteiger partial charge in [-0.2, -0.15) is 0 Å². The minimum atomic E-state index is -4.11. The number of amides is 1. The fourth-order valence-corrected chi connectivity index (χ4v) is 5.48. The van der Waals surface area contributed by atoms with Crippen molar-refractivity contribution in [1.82, 2.24) is 5.32 Å². The van der Waals surface area contributed by atoms with Crippen LogP contribution >= 0.6 is 0 Å². The quantitative estimate of drug-likeness (QED) is 0.417. The Bertz CT molecular complexity index is 1300. The van der Waals surface area contributed by atoms with Crippen LogP contribution in [0.1, 0.15) is 42.1 Å². The number of nitrogens with one attached hydrogen (secondary N) is 1. The van der Waals surface area contributed by atoms with E-state index in [4.69, 9.17) is 9.47 Å². The number of ether oxygens (including phenoxy) is 2. The van der Waals surface area contributed by atoms with Crippen molar-refractivity contribution in [1.29, 1.82) is 0 Å². The highest BCUT2D eigenvalue weighted by Crippen LogP contribution is 2.32. The molecule has 3 aromatic carbocycles. The largest absolute Gasteiger partial charge is 0.493 e. The number of carbonyl (C=O) groups is 1. The molecule has 1 N–H and O–H groups in total. The maximum absolute atomic E-state index is 13.8. The topological polar surface area (TPSA) is 84.9 Å². The summed E-state index contributed by atoms with van der Waals surface area (Å²) in [6.07, 6.45) is 0.930. The number of hydrogen-bond acceptors (Lipinski definition) is 5. The van der Waals surface area contributed by atoms with Crippen LogP contribution in [-0.4, -0.2) is 35.1 Å². The summed E-state index contributed by atoms with van der Waals surface area (Å²) in [5, 5.41) is 2.94. The molecule has 0 aromatic heterocycles. The Morgan fingerprint density at radius 2 is 1.53 bits per heavy atom. The van der Waals surface area contributed by atoms with E-state index in [9.17, 15) is 13.2 Å². The molecule has 0 aliphatic carbocycles. The molecule has 7 nitrogen and oxygen atoms in total. The van der Waals surface area contributed by atoms with Crippen LogP contribution in [0, 0.1) is 13.8 Å². The van der Waals surface area contributed by atoms with Crippen molar-refractivity contribution in [3.63, 3.8) is 0 Å². The fraction of sp³-hybridized carbons (Fsp3) is 0.321. The average molecular weight is 511 g/mol. The zero-order valence-corrected chi connectivity index (χ0v) is 22.5. The summed E-state index contributed by atoms with van der Waals surface area (Å²) in [5.41, 5.74) is 4.35. The van der Waals surface area contributed by atoms with Gasteiger partial charge in [0, 0.05) is 6.07 Å². The second-order valence-electron chi connectivity index (χ2n) is 8.76. The standard InChI is InChI=1S/C28H34N2O5S/c1-7-22-8-10-23(11-9-22)21(4)29-28(31)18-30(24-15-19(2)14-20(3)16-24)36(32,33)25-12-13-26(34-5)27(17-25)35-6/h8-17,21H,7,18H2,1-6H3,(H,29,31)/t21-/m1/s1. The number of rotatable bonds is 10. The monoisotopic (exact) mass is 510 g/mol. The lowest BCUT2D eigenvalue weighted by molar-refractivity contribution is -0.120.